The van der Waals surface area contributed by atoms with Gasteiger partial charge in [-0.3, -0.25) is 9.10 Å². The van der Waals surface area contributed by atoms with E-state index < -0.39 is 10.0 Å². The number of anilines is 2. The Bertz CT molecular complexity index is 913. The van der Waals surface area contributed by atoms with Gasteiger partial charge in [-0.1, -0.05) is 29.3 Å². The van der Waals surface area contributed by atoms with Crippen molar-refractivity contribution in [1.82, 2.24) is 0 Å². The van der Waals surface area contributed by atoms with Crippen molar-refractivity contribution in [3.63, 3.8) is 0 Å². The van der Waals surface area contributed by atoms with E-state index in [1.54, 1.807) is 30.3 Å². The number of halogens is 1. The molecule has 1 heterocycles. The zero-order valence-corrected chi connectivity index (χ0v) is 15.8. The third-order valence-corrected chi connectivity index (χ3v) is 6.20. The Kier molecular flexibility index (Phi) is 5.38. The lowest BCUT2D eigenvalue weighted by Crippen LogP contribution is -2.25. The minimum atomic E-state index is -3.30. The number of benzene rings is 2. The van der Waals surface area contributed by atoms with Crippen LogP contribution in [0, 0.1) is 6.92 Å². The van der Waals surface area contributed by atoms with E-state index in [4.69, 9.17) is 16.3 Å². The van der Waals surface area contributed by atoms with Gasteiger partial charge in [0.15, 0.2) is 6.61 Å². The Labute approximate surface area is 157 Å². The lowest BCUT2D eigenvalue weighted by Gasteiger charge is -2.18. The molecule has 2 aromatic carbocycles. The van der Waals surface area contributed by atoms with Crippen LogP contribution in [0.4, 0.5) is 11.4 Å². The fourth-order valence-electron chi connectivity index (χ4n) is 2.66. The molecule has 138 valence electrons. The van der Waals surface area contributed by atoms with Crippen LogP contribution in [-0.4, -0.2) is 33.2 Å². The fraction of sp³-hybridized carbons (Fsp3) is 0.278. The second kappa shape index (κ2) is 7.55. The van der Waals surface area contributed by atoms with Gasteiger partial charge in [-0.15, -0.1) is 0 Å². The van der Waals surface area contributed by atoms with Gasteiger partial charge in [0.25, 0.3) is 5.91 Å². The standard InChI is InChI=1S/C18H19ClN2O4S/c1-13-3-6-15(7-4-13)25-12-18(22)20-17-11-14(5-8-16(17)19)21-9-2-10-26(21,23)24/h3-8,11H,2,9-10,12H2,1H3,(H,20,22). The molecule has 26 heavy (non-hydrogen) atoms. The van der Waals surface area contributed by atoms with Gasteiger partial charge in [-0.05, 0) is 43.7 Å². The average molecular weight is 395 g/mol. The molecule has 0 unspecified atom stereocenters. The van der Waals surface area contributed by atoms with Gasteiger partial charge in [0, 0.05) is 6.54 Å². The number of ether oxygens (including phenoxy) is 1. The summed E-state index contributed by atoms with van der Waals surface area (Å²) in [5.74, 6) is 0.337. The third kappa shape index (κ3) is 4.28. The molecule has 0 aliphatic carbocycles. The van der Waals surface area contributed by atoms with Crippen LogP contribution in [-0.2, 0) is 14.8 Å². The average Bonchev–Trinajstić information content (AvgIpc) is 2.95. The Morgan fingerprint density at radius 3 is 2.62 bits per heavy atom. The van der Waals surface area contributed by atoms with Crippen molar-refractivity contribution in [3.8, 4) is 5.75 Å². The predicted octanol–water partition coefficient (Wildman–Crippen LogP) is 3.21. The SMILES string of the molecule is Cc1ccc(OCC(=O)Nc2cc(N3CCCS3(=O)=O)ccc2Cl)cc1. The van der Waals surface area contributed by atoms with E-state index in [0.29, 0.717) is 35.1 Å². The maximum Gasteiger partial charge on any atom is 0.262 e. The Morgan fingerprint density at radius 2 is 1.96 bits per heavy atom. The second-order valence-electron chi connectivity index (χ2n) is 6.06. The maximum atomic E-state index is 12.1. The lowest BCUT2D eigenvalue weighted by molar-refractivity contribution is -0.118. The van der Waals surface area contributed by atoms with Crippen LogP contribution in [0.5, 0.6) is 5.75 Å². The fourth-order valence-corrected chi connectivity index (χ4v) is 4.38. The smallest absolute Gasteiger partial charge is 0.262 e. The highest BCUT2D eigenvalue weighted by molar-refractivity contribution is 7.93. The van der Waals surface area contributed by atoms with Gasteiger partial charge in [-0.25, -0.2) is 8.42 Å². The van der Waals surface area contributed by atoms with Crippen LogP contribution in [0.2, 0.25) is 5.02 Å². The molecular weight excluding hydrogens is 376 g/mol. The molecule has 1 fully saturated rings. The highest BCUT2D eigenvalue weighted by Crippen LogP contribution is 2.31. The predicted molar refractivity (Wildman–Crippen MR) is 103 cm³/mol. The van der Waals surface area contributed by atoms with Gasteiger partial charge in [-0.2, -0.15) is 0 Å². The molecule has 1 aliphatic heterocycles. The summed E-state index contributed by atoms with van der Waals surface area (Å²) >= 11 is 6.13. The summed E-state index contributed by atoms with van der Waals surface area (Å²) in [6, 6.07) is 12.1. The van der Waals surface area contributed by atoms with E-state index in [1.807, 2.05) is 19.1 Å². The quantitative estimate of drug-likeness (QED) is 0.844. The largest absolute Gasteiger partial charge is 0.484 e. The molecule has 3 rings (SSSR count). The van der Waals surface area contributed by atoms with E-state index in [9.17, 15) is 13.2 Å². The van der Waals surface area contributed by atoms with Crippen molar-refractivity contribution in [1.29, 1.82) is 0 Å². The molecule has 0 aromatic heterocycles. The first kappa shape index (κ1) is 18.5. The molecule has 1 amide bonds. The number of sulfonamides is 1. The first-order chi connectivity index (χ1) is 12.3. The summed E-state index contributed by atoms with van der Waals surface area (Å²) in [4.78, 5) is 12.1. The van der Waals surface area contributed by atoms with E-state index in [2.05, 4.69) is 5.32 Å². The normalized spacial score (nSPS) is 15.7. The minimum absolute atomic E-state index is 0.127. The first-order valence-electron chi connectivity index (χ1n) is 8.14. The molecule has 2 aromatic rings. The van der Waals surface area contributed by atoms with Crippen molar-refractivity contribution in [3.05, 3.63) is 53.1 Å². The highest BCUT2D eigenvalue weighted by atomic mass is 35.5. The molecule has 6 nitrogen and oxygen atoms in total. The molecule has 0 radical (unpaired) electrons. The van der Waals surface area contributed by atoms with Gasteiger partial charge >= 0.3 is 0 Å². The summed E-state index contributed by atoms with van der Waals surface area (Å²) in [6.45, 7) is 2.21. The van der Waals surface area contributed by atoms with Crippen LogP contribution in [0.3, 0.4) is 0 Å². The first-order valence-corrected chi connectivity index (χ1v) is 10.1. The Morgan fingerprint density at radius 1 is 1.23 bits per heavy atom. The van der Waals surface area contributed by atoms with Gasteiger partial charge in [0.2, 0.25) is 10.0 Å². The van der Waals surface area contributed by atoms with E-state index >= 15 is 0 Å². The number of nitrogens with zero attached hydrogens (tertiary/aromatic N) is 1. The van der Waals surface area contributed by atoms with Crippen molar-refractivity contribution in [2.75, 3.05) is 28.5 Å². The Hall–Kier alpha value is -2.25. The topological polar surface area (TPSA) is 75.7 Å². The Balaban J connectivity index is 1.68. The maximum absolute atomic E-state index is 12.1. The summed E-state index contributed by atoms with van der Waals surface area (Å²) in [5.41, 5.74) is 1.94. The van der Waals surface area contributed by atoms with Crippen LogP contribution in [0.1, 0.15) is 12.0 Å². The van der Waals surface area contributed by atoms with Crippen LogP contribution >= 0.6 is 11.6 Å². The molecule has 0 spiro atoms. The molecule has 1 saturated heterocycles. The monoisotopic (exact) mass is 394 g/mol. The zero-order valence-electron chi connectivity index (χ0n) is 14.2. The van der Waals surface area contributed by atoms with Crippen LogP contribution in [0.15, 0.2) is 42.5 Å². The lowest BCUT2D eigenvalue weighted by atomic mass is 10.2. The zero-order chi connectivity index (χ0) is 18.7. The number of nitrogens with one attached hydrogen (secondary N) is 1. The number of aryl methyl sites for hydroxylation is 1. The number of amides is 1. The summed E-state index contributed by atoms with van der Waals surface area (Å²) in [7, 11) is -3.30. The molecule has 0 bridgehead atoms. The molecule has 1 N–H and O–H groups in total. The summed E-state index contributed by atoms with van der Waals surface area (Å²) in [6.07, 6.45) is 0.580. The molecule has 8 heteroatoms. The number of carbonyl (C=O) groups is 1. The third-order valence-electron chi connectivity index (χ3n) is 4.00. The molecule has 0 atom stereocenters. The van der Waals surface area contributed by atoms with Crippen LogP contribution in [0.25, 0.3) is 0 Å². The van der Waals surface area contributed by atoms with Crippen molar-refractivity contribution >= 4 is 38.9 Å². The van der Waals surface area contributed by atoms with Crippen LogP contribution < -0.4 is 14.4 Å². The van der Waals surface area contributed by atoms with Crippen molar-refractivity contribution in [2.45, 2.75) is 13.3 Å². The minimum Gasteiger partial charge on any atom is -0.484 e. The summed E-state index contributed by atoms with van der Waals surface area (Å²) < 4.78 is 30.9. The molecular formula is C18H19ClN2O4S. The van der Waals surface area contributed by atoms with Crippen molar-refractivity contribution in [2.24, 2.45) is 0 Å². The highest BCUT2D eigenvalue weighted by Gasteiger charge is 2.28. The summed E-state index contributed by atoms with van der Waals surface area (Å²) in [5, 5.41) is 2.99. The van der Waals surface area contributed by atoms with Gasteiger partial charge in [0.1, 0.15) is 5.75 Å². The number of hydrogen-bond acceptors (Lipinski definition) is 4. The van der Waals surface area contributed by atoms with Crippen molar-refractivity contribution < 1.29 is 17.9 Å². The van der Waals surface area contributed by atoms with E-state index in [0.717, 1.165) is 5.56 Å². The van der Waals surface area contributed by atoms with E-state index in [1.165, 1.54) is 4.31 Å². The second-order valence-corrected chi connectivity index (χ2v) is 8.48. The molecule has 1 aliphatic rings. The molecule has 0 saturated carbocycles. The number of rotatable bonds is 5. The van der Waals surface area contributed by atoms with Gasteiger partial charge < -0.3 is 10.1 Å². The number of hydrogen-bond donors (Lipinski definition) is 1. The van der Waals surface area contributed by atoms with E-state index in [-0.39, 0.29) is 18.3 Å². The number of carbonyl (C=O) groups excluding carboxylic acids is 1. The van der Waals surface area contributed by atoms with Gasteiger partial charge in [0.05, 0.1) is 22.2 Å².